The molecule has 0 saturated heterocycles. The minimum Gasteiger partial charge on any atom is -0.468 e. The molecule has 0 bridgehead atoms. The molecule has 2 N–H and O–H groups in total. The Labute approximate surface area is 119 Å². The number of carbonyl (C=O) groups is 1. The van der Waals surface area contributed by atoms with Gasteiger partial charge < -0.3 is 10.5 Å². The molecule has 20 heavy (non-hydrogen) atoms. The monoisotopic (exact) mass is 269 g/mol. The summed E-state index contributed by atoms with van der Waals surface area (Å²) in [6, 6.07) is 18.2. The third kappa shape index (κ3) is 3.25. The Bertz CT molecular complexity index is 574. The van der Waals surface area contributed by atoms with Gasteiger partial charge in [0, 0.05) is 6.42 Å². The van der Waals surface area contributed by atoms with Crippen LogP contribution in [-0.4, -0.2) is 18.6 Å². The van der Waals surface area contributed by atoms with Crippen molar-refractivity contribution in [2.24, 2.45) is 5.73 Å². The van der Waals surface area contributed by atoms with E-state index in [1.54, 1.807) is 6.92 Å². The first-order valence-corrected chi connectivity index (χ1v) is 6.54. The Hall–Kier alpha value is -2.13. The second-order valence-corrected chi connectivity index (χ2v) is 5.15. The van der Waals surface area contributed by atoms with E-state index in [2.05, 4.69) is 12.1 Å². The minimum atomic E-state index is -0.997. The number of benzene rings is 2. The average Bonchev–Trinajstić information content (AvgIpc) is 2.47. The van der Waals surface area contributed by atoms with Gasteiger partial charge in [0.25, 0.3) is 0 Å². The topological polar surface area (TPSA) is 52.3 Å². The maximum absolute atomic E-state index is 11.6. The van der Waals surface area contributed by atoms with Gasteiger partial charge >= 0.3 is 5.97 Å². The van der Waals surface area contributed by atoms with E-state index in [-0.39, 0.29) is 0 Å². The van der Waals surface area contributed by atoms with Gasteiger partial charge in [0.1, 0.15) is 5.54 Å². The highest BCUT2D eigenvalue weighted by atomic mass is 16.5. The first kappa shape index (κ1) is 14.3. The molecule has 0 spiro atoms. The second-order valence-electron chi connectivity index (χ2n) is 5.15. The van der Waals surface area contributed by atoms with Crippen LogP contribution in [0.25, 0.3) is 11.1 Å². The molecule has 1 unspecified atom stereocenters. The standard InChI is InChI=1S/C17H19NO2/c1-17(18,16(19)20-2)12-13-8-10-15(11-9-13)14-6-4-3-5-7-14/h3-11H,12,18H2,1-2H3. The molecule has 0 aliphatic rings. The number of hydrogen-bond acceptors (Lipinski definition) is 3. The molecule has 104 valence electrons. The highest BCUT2D eigenvalue weighted by molar-refractivity contribution is 5.80. The van der Waals surface area contributed by atoms with Crippen LogP contribution >= 0.6 is 0 Å². The van der Waals surface area contributed by atoms with E-state index in [9.17, 15) is 4.79 Å². The summed E-state index contributed by atoms with van der Waals surface area (Å²) in [4.78, 5) is 11.6. The smallest absolute Gasteiger partial charge is 0.325 e. The lowest BCUT2D eigenvalue weighted by molar-refractivity contribution is -0.146. The highest BCUT2D eigenvalue weighted by Crippen LogP contribution is 2.21. The lowest BCUT2D eigenvalue weighted by Crippen LogP contribution is -2.47. The summed E-state index contributed by atoms with van der Waals surface area (Å²) in [6.07, 6.45) is 0.453. The number of rotatable bonds is 4. The molecule has 0 fully saturated rings. The number of esters is 1. The normalized spacial score (nSPS) is 13.6. The summed E-state index contributed by atoms with van der Waals surface area (Å²) in [5.41, 5.74) is 8.31. The quantitative estimate of drug-likeness (QED) is 0.868. The van der Waals surface area contributed by atoms with Crippen LogP contribution in [0.3, 0.4) is 0 Å². The van der Waals surface area contributed by atoms with Crippen LogP contribution < -0.4 is 5.73 Å². The van der Waals surface area contributed by atoms with Crippen molar-refractivity contribution in [1.29, 1.82) is 0 Å². The van der Waals surface area contributed by atoms with Crippen LogP contribution in [0.1, 0.15) is 12.5 Å². The van der Waals surface area contributed by atoms with Crippen LogP contribution in [0, 0.1) is 0 Å². The molecular weight excluding hydrogens is 250 g/mol. The van der Waals surface area contributed by atoms with Crippen molar-refractivity contribution in [3.05, 3.63) is 60.2 Å². The van der Waals surface area contributed by atoms with Crippen LogP contribution in [0.4, 0.5) is 0 Å². The maximum atomic E-state index is 11.6. The number of ether oxygens (including phenoxy) is 1. The van der Waals surface area contributed by atoms with Gasteiger partial charge in [-0.05, 0) is 23.6 Å². The summed E-state index contributed by atoms with van der Waals surface area (Å²) < 4.78 is 4.72. The molecule has 0 heterocycles. The van der Waals surface area contributed by atoms with Crippen molar-refractivity contribution in [3.63, 3.8) is 0 Å². The van der Waals surface area contributed by atoms with Gasteiger partial charge in [-0.2, -0.15) is 0 Å². The zero-order valence-corrected chi connectivity index (χ0v) is 11.8. The molecule has 1 atom stereocenters. The lowest BCUT2D eigenvalue weighted by atomic mass is 9.93. The van der Waals surface area contributed by atoms with Crippen molar-refractivity contribution < 1.29 is 9.53 Å². The van der Waals surface area contributed by atoms with Gasteiger partial charge in [-0.25, -0.2) is 0 Å². The van der Waals surface area contributed by atoms with Gasteiger partial charge in [-0.15, -0.1) is 0 Å². The van der Waals surface area contributed by atoms with Crippen LogP contribution in [0.2, 0.25) is 0 Å². The number of hydrogen-bond donors (Lipinski definition) is 1. The summed E-state index contributed by atoms with van der Waals surface area (Å²) in [5.74, 6) is -0.398. The number of methoxy groups -OCH3 is 1. The first-order chi connectivity index (χ1) is 9.53. The van der Waals surface area contributed by atoms with Crippen molar-refractivity contribution in [2.75, 3.05) is 7.11 Å². The van der Waals surface area contributed by atoms with Crippen LogP contribution in [-0.2, 0) is 16.0 Å². The molecule has 0 amide bonds. The van der Waals surface area contributed by atoms with E-state index in [1.807, 2.05) is 42.5 Å². The Kier molecular flexibility index (Phi) is 4.20. The van der Waals surface area contributed by atoms with E-state index in [0.29, 0.717) is 6.42 Å². The fourth-order valence-corrected chi connectivity index (χ4v) is 2.18. The van der Waals surface area contributed by atoms with Gasteiger partial charge in [0.15, 0.2) is 0 Å². The summed E-state index contributed by atoms with van der Waals surface area (Å²) in [5, 5.41) is 0. The fourth-order valence-electron chi connectivity index (χ4n) is 2.18. The Morgan fingerprint density at radius 3 is 2.15 bits per heavy atom. The molecule has 2 aromatic carbocycles. The summed E-state index contributed by atoms with van der Waals surface area (Å²) in [6.45, 7) is 1.68. The zero-order valence-electron chi connectivity index (χ0n) is 11.8. The molecule has 2 rings (SSSR count). The Balaban J connectivity index is 2.15. The van der Waals surface area contributed by atoms with Crippen LogP contribution in [0.15, 0.2) is 54.6 Å². The minimum absolute atomic E-state index is 0.398. The highest BCUT2D eigenvalue weighted by Gasteiger charge is 2.29. The van der Waals surface area contributed by atoms with Gasteiger partial charge in [0.05, 0.1) is 7.11 Å². The van der Waals surface area contributed by atoms with Crippen molar-refractivity contribution in [1.82, 2.24) is 0 Å². The molecule has 0 radical (unpaired) electrons. The van der Waals surface area contributed by atoms with Crippen LogP contribution in [0.5, 0.6) is 0 Å². The van der Waals surface area contributed by atoms with Crippen molar-refractivity contribution in [3.8, 4) is 11.1 Å². The van der Waals surface area contributed by atoms with Crippen molar-refractivity contribution >= 4 is 5.97 Å². The Morgan fingerprint density at radius 1 is 1.05 bits per heavy atom. The van der Waals surface area contributed by atoms with E-state index < -0.39 is 11.5 Å². The van der Waals surface area contributed by atoms with E-state index in [4.69, 9.17) is 10.5 Å². The maximum Gasteiger partial charge on any atom is 0.325 e. The first-order valence-electron chi connectivity index (χ1n) is 6.54. The third-order valence-corrected chi connectivity index (χ3v) is 3.28. The zero-order chi connectivity index (χ0) is 14.6. The number of carbonyl (C=O) groups excluding carboxylic acids is 1. The molecule has 0 aliphatic carbocycles. The fraction of sp³-hybridized carbons (Fsp3) is 0.235. The Morgan fingerprint density at radius 2 is 1.60 bits per heavy atom. The molecule has 3 nitrogen and oxygen atoms in total. The molecular formula is C17H19NO2. The number of nitrogens with two attached hydrogens (primary N) is 1. The summed E-state index contributed by atoms with van der Waals surface area (Å²) in [7, 11) is 1.35. The summed E-state index contributed by atoms with van der Waals surface area (Å²) >= 11 is 0. The van der Waals surface area contributed by atoms with E-state index in [0.717, 1.165) is 11.1 Å². The molecule has 3 heteroatoms. The third-order valence-electron chi connectivity index (χ3n) is 3.28. The molecule has 0 saturated carbocycles. The van der Waals surface area contributed by atoms with Gasteiger partial charge in [-0.1, -0.05) is 54.6 Å². The van der Waals surface area contributed by atoms with Crippen molar-refractivity contribution in [2.45, 2.75) is 18.9 Å². The van der Waals surface area contributed by atoms with Gasteiger partial charge in [0.2, 0.25) is 0 Å². The van der Waals surface area contributed by atoms with Gasteiger partial charge in [-0.3, -0.25) is 4.79 Å². The SMILES string of the molecule is COC(=O)C(C)(N)Cc1ccc(-c2ccccc2)cc1. The van der Waals surface area contributed by atoms with E-state index >= 15 is 0 Å². The largest absolute Gasteiger partial charge is 0.468 e. The van der Waals surface area contributed by atoms with E-state index in [1.165, 1.54) is 12.7 Å². The predicted octanol–water partition coefficient (Wildman–Crippen LogP) is 2.79. The molecule has 2 aromatic rings. The molecule has 0 aliphatic heterocycles. The lowest BCUT2D eigenvalue weighted by Gasteiger charge is -2.21. The second kappa shape index (κ2) is 5.88. The molecule has 0 aromatic heterocycles. The average molecular weight is 269 g/mol. The predicted molar refractivity (Wildman–Crippen MR) is 80.2 cm³/mol.